The molecule has 3 nitrogen and oxygen atoms in total. The van der Waals surface area contributed by atoms with E-state index in [1.54, 1.807) is 6.20 Å². The van der Waals surface area contributed by atoms with Crippen LogP contribution in [0.5, 0.6) is 5.75 Å². The van der Waals surface area contributed by atoms with Crippen molar-refractivity contribution in [2.45, 2.75) is 6.61 Å². The van der Waals surface area contributed by atoms with Gasteiger partial charge in [-0.2, -0.15) is 0 Å². The maximum absolute atomic E-state index is 6.03. The normalized spacial score (nSPS) is 13.5. The molecule has 4 heteroatoms. The Morgan fingerprint density at radius 2 is 1.90 bits per heavy atom. The van der Waals surface area contributed by atoms with Crippen LogP contribution in [0.15, 0.2) is 60.8 Å². The van der Waals surface area contributed by atoms with E-state index in [1.165, 1.54) is 5.56 Å². The van der Waals surface area contributed by atoms with E-state index in [1.807, 2.05) is 48.5 Å². The molecule has 1 aromatic heterocycles. The second kappa shape index (κ2) is 4.65. The number of aromatic nitrogens is 1. The van der Waals surface area contributed by atoms with E-state index in [9.17, 15) is 0 Å². The zero-order valence-corrected chi connectivity index (χ0v) is 10.8. The first kappa shape index (κ1) is 11.5. The van der Waals surface area contributed by atoms with Crippen molar-refractivity contribution in [2.24, 2.45) is 0 Å². The average molecular weight is 261 g/mol. The van der Waals surface area contributed by atoms with E-state index in [0.717, 1.165) is 22.1 Å². The average Bonchev–Trinajstić information content (AvgIpc) is 2.91. The highest BCUT2D eigenvalue weighted by molar-refractivity contribution is 6.63. The highest BCUT2D eigenvalue weighted by Crippen LogP contribution is 2.24. The SMILES string of the molecule is c1ccc2c(c1)COB2Oc1cccc2cccnc12. The van der Waals surface area contributed by atoms with Gasteiger partial charge < -0.3 is 9.31 Å². The van der Waals surface area contributed by atoms with E-state index in [0.29, 0.717) is 6.61 Å². The van der Waals surface area contributed by atoms with Crippen LogP contribution in [-0.4, -0.2) is 12.1 Å². The number of hydrogen-bond donors (Lipinski definition) is 0. The Bertz CT molecular complexity index is 770. The third-order valence-electron chi connectivity index (χ3n) is 3.53. The molecular weight excluding hydrogens is 249 g/mol. The summed E-state index contributed by atoms with van der Waals surface area (Å²) < 4.78 is 11.8. The van der Waals surface area contributed by atoms with Crippen molar-refractivity contribution in [2.75, 3.05) is 0 Å². The van der Waals surface area contributed by atoms with Gasteiger partial charge in [-0.25, -0.2) is 0 Å². The Balaban J connectivity index is 1.73. The molecule has 20 heavy (non-hydrogen) atoms. The molecule has 1 aliphatic rings. The second-order valence-electron chi connectivity index (χ2n) is 4.79. The van der Waals surface area contributed by atoms with Gasteiger partial charge in [-0.05, 0) is 17.7 Å². The minimum Gasteiger partial charge on any atom is -0.531 e. The minimum absolute atomic E-state index is 0.348. The summed E-state index contributed by atoms with van der Waals surface area (Å²) >= 11 is 0. The van der Waals surface area contributed by atoms with Crippen LogP contribution in [0.2, 0.25) is 0 Å². The Kier molecular flexibility index (Phi) is 2.67. The summed E-state index contributed by atoms with van der Waals surface area (Å²) in [6, 6.07) is 18.0. The van der Waals surface area contributed by atoms with Gasteiger partial charge in [0.2, 0.25) is 0 Å². The molecule has 0 N–H and O–H groups in total. The van der Waals surface area contributed by atoms with E-state index in [2.05, 4.69) is 11.1 Å². The van der Waals surface area contributed by atoms with Crippen molar-refractivity contribution in [3.63, 3.8) is 0 Å². The lowest BCUT2D eigenvalue weighted by Crippen LogP contribution is -2.35. The Morgan fingerprint density at radius 3 is 2.90 bits per heavy atom. The number of para-hydroxylation sites is 1. The molecule has 0 unspecified atom stereocenters. The second-order valence-corrected chi connectivity index (χ2v) is 4.79. The first-order valence-electron chi connectivity index (χ1n) is 6.61. The molecule has 0 spiro atoms. The Labute approximate surface area is 117 Å². The van der Waals surface area contributed by atoms with Crippen LogP contribution in [0.25, 0.3) is 10.9 Å². The molecule has 0 atom stereocenters. The van der Waals surface area contributed by atoms with Crippen molar-refractivity contribution in [1.29, 1.82) is 0 Å². The third kappa shape index (κ3) is 1.85. The van der Waals surface area contributed by atoms with Crippen LogP contribution in [0.3, 0.4) is 0 Å². The summed E-state index contributed by atoms with van der Waals surface area (Å²) in [7, 11) is -0.348. The topological polar surface area (TPSA) is 31.4 Å². The van der Waals surface area contributed by atoms with Crippen LogP contribution in [0.1, 0.15) is 5.56 Å². The summed E-state index contributed by atoms with van der Waals surface area (Å²) in [6.07, 6.45) is 1.78. The fraction of sp³-hybridized carbons (Fsp3) is 0.0625. The van der Waals surface area contributed by atoms with Gasteiger partial charge in [0.1, 0.15) is 11.3 Å². The predicted molar refractivity (Wildman–Crippen MR) is 79.0 cm³/mol. The van der Waals surface area contributed by atoms with E-state index in [4.69, 9.17) is 9.31 Å². The molecule has 0 saturated heterocycles. The number of nitrogens with zero attached hydrogens (tertiary/aromatic N) is 1. The Morgan fingerprint density at radius 1 is 1.00 bits per heavy atom. The zero-order valence-electron chi connectivity index (χ0n) is 10.8. The van der Waals surface area contributed by atoms with Gasteiger partial charge in [0, 0.05) is 17.0 Å². The molecule has 3 aromatic rings. The van der Waals surface area contributed by atoms with Crippen LogP contribution < -0.4 is 10.1 Å². The molecule has 0 radical (unpaired) electrons. The molecule has 0 bridgehead atoms. The summed E-state index contributed by atoms with van der Waals surface area (Å²) in [5.74, 6) is 0.754. The number of fused-ring (bicyclic) bond motifs is 2. The quantitative estimate of drug-likeness (QED) is 0.664. The first-order chi connectivity index (χ1) is 9.92. The fourth-order valence-corrected chi connectivity index (χ4v) is 2.53. The van der Waals surface area contributed by atoms with Crippen LogP contribution in [0, 0.1) is 0 Å². The number of pyridine rings is 1. The number of hydrogen-bond acceptors (Lipinski definition) is 3. The van der Waals surface area contributed by atoms with Crippen LogP contribution >= 0.6 is 0 Å². The van der Waals surface area contributed by atoms with E-state index in [-0.39, 0.29) is 7.12 Å². The van der Waals surface area contributed by atoms with E-state index < -0.39 is 0 Å². The van der Waals surface area contributed by atoms with Crippen LogP contribution in [0.4, 0.5) is 0 Å². The first-order valence-corrected chi connectivity index (χ1v) is 6.61. The minimum atomic E-state index is -0.348. The Hall–Kier alpha value is -2.33. The maximum Gasteiger partial charge on any atom is 0.563 e. The molecule has 2 heterocycles. The molecule has 1 aliphatic heterocycles. The number of rotatable bonds is 2. The molecule has 0 fully saturated rings. The van der Waals surface area contributed by atoms with Gasteiger partial charge >= 0.3 is 7.12 Å². The zero-order chi connectivity index (χ0) is 13.4. The van der Waals surface area contributed by atoms with Crippen molar-refractivity contribution in [3.05, 3.63) is 66.4 Å². The summed E-state index contributed by atoms with van der Waals surface area (Å²) in [4.78, 5) is 4.40. The van der Waals surface area contributed by atoms with Crippen molar-refractivity contribution < 1.29 is 9.31 Å². The fourth-order valence-electron chi connectivity index (χ4n) is 2.53. The maximum atomic E-state index is 6.03. The lowest BCUT2D eigenvalue weighted by Gasteiger charge is -2.12. The van der Waals surface area contributed by atoms with Crippen LogP contribution in [-0.2, 0) is 11.3 Å². The van der Waals surface area contributed by atoms with Crippen molar-refractivity contribution in [1.82, 2.24) is 4.98 Å². The summed E-state index contributed by atoms with van der Waals surface area (Å²) in [6.45, 7) is 0.596. The highest BCUT2D eigenvalue weighted by atomic mass is 16.6. The van der Waals surface area contributed by atoms with Gasteiger partial charge in [-0.3, -0.25) is 4.98 Å². The van der Waals surface area contributed by atoms with Gasteiger partial charge in [-0.1, -0.05) is 42.5 Å². The van der Waals surface area contributed by atoms with Gasteiger partial charge in [0.05, 0.1) is 6.61 Å². The van der Waals surface area contributed by atoms with Gasteiger partial charge in [-0.15, -0.1) is 0 Å². The molecule has 0 amide bonds. The van der Waals surface area contributed by atoms with Crippen molar-refractivity contribution in [3.8, 4) is 5.75 Å². The molecule has 96 valence electrons. The predicted octanol–water partition coefficient (Wildman–Crippen LogP) is 2.54. The number of benzene rings is 2. The standard InChI is InChI=1S/C16H12BNO2/c1-2-8-14-13(5-1)11-19-17(14)20-15-9-3-6-12-7-4-10-18-16(12)15/h1-10H,11H2. The summed E-state index contributed by atoms with van der Waals surface area (Å²) in [5, 5.41) is 1.07. The molecule has 0 aliphatic carbocycles. The van der Waals surface area contributed by atoms with Crippen molar-refractivity contribution >= 4 is 23.5 Å². The third-order valence-corrected chi connectivity index (χ3v) is 3.53. The molecule has 0 saturated carbocycles. The molecular formula is C16H12BNO2. The smallest absolute Gasteiger partial charge is 0.531 e. The lowest BCUT2D eigenvalue weighted by molar-refractivity contribution is 0.281. The van der Waals surface area contributed by atoms with Gasteiger partial charge in [0.25, 0.3) is 0 Å². The monoisotopic (exact) mass is 261 g/mol. The highest BCUT2D eigenvalue weighted by Gasteiger charge is 2.32. The molecule has 2 aromatic carbocycles. The summed E-state index contributed by atoms with van der Waals surface area (Å²) in [5.41, 5.74) is 3.15. The lowest BCUT2D eigenvalue weighted by atomic mass is 9.79. The van der Waals surface area contributed by atoms with Gasteiger partial charge in [0.15, 0.2) is 0 Å². The largest absolute Gasteiger partial charge is 0.563 e. The molecule has 4 rings (SSSR count). The van der Waals surface area contributed by atoms with E-state index >= 15 is 0 Å².